The fourth-order valence-corrected chi connectivity index (χ4v) is 3.07. The quantitative estimate of drug-likeness (QED) is 0.581. The Kier molecular flexibility index (Phi) is 5.79. The van der Waals surface area contributed by atoms with E-state index in [9.17, 15) is 14.7 Å². The fourth-order valence-electron chi connectivity index (χ4n) is 2.61. The third kappa shape index (κ3) is 4.07. The predicted molar refractivity (Wildman–Crippen MR) is 110 cm³/mol. The number of benzene rings is 2. The van der Waals surface area contributed by atoms with E-state index in [0.29, 0.717) is 39.1 Å². The van der Waals surface area contributed by atoms with Crippen molar-refractivity contribution in [3.05, 3.63) is 62.1 Å². The Morgan fingerprint density at radius 2 is 2.07 bits per heavy atom. The van der Waals surface area contributed by atoms with Gasteiger partial charge in [-0.3, -0.25) is 4.79 Å². The van der Waals surface area contributed by atoms with Crippen LogP contribution >= 0.6 is 15.9 Å². The van der Waals surface area contributed by atoms with Crippen molar-refractivity contribution >= 4 is 45.0 Å². The number of carbonyl (C=O) groups excluding carboxylic acids is 1. The van der Waals surface area contributed by atoms with E-state index in [-0.39, 0.29) is 11.3 Å². The highest BCUT2D eigenvalue weighted by Crippen LogP contribution is 2.35. The molecule has 3 rings (SSSR count). The minimum atomic E-state index is -0.501. The standard InChI is InChI=1S/C20H17BrN2O5/c1-3-28-16-9-11(8-14(21)18(16)24)4-7-17-22-15-10-12(20(26)27-2)5-6-13(15)19(25)23-17/h4-10,24H,3H2,1-2H3,(H,22,23,25)/b7-4-. The second kappa shape index (κ2) is 8.26. The van der Waals surface area contributed by atoms with Gasteiger partial charge in [-0.15, -0.1) is 0 Å². The number of carbonyl (C=O) groups is 1. The average Bonchev–Trinajstić information content (AvgIpc) is 2.69. The zero-order valence-electron chi connectivity index (χ0n) is 15.2. The van der Waals surface area contributed by atoms with Crippen LogP contribution in [0.4, 0.5) is 0 Å². The van der Waals surface area contributed by atoms with Gasteiger partial charge in [-0.1, -0.05) is 6.08 Å². The van der Waals surface area contributed by atoms with E-state index in [1.165, 1.54) is 25.3 Å². The summed E-state index contributed by atoms with van der Waals surface area (Å²) in [4.78, 5) is 31.1. The van der Waals surface area contributed by atoms with Gasteiger partial charge in [0.15, 0.2) is 11.5 Å². The van der Waals surface area contributed by atoms with Crippen LogP contribution in [0.25, 0.3) is 23.1 Å². The molecule has 2 aromatic carbocycles. The molecule has 7 nitrogen and oxygen atoms in total. The molecule has 0 bridgehead atoms. The number of hydrogen-bond donors (Lipinski definition) is 2. The molecule has 0 spiro atoms. The Hall–Kier alpha value is -3.13. The summed E-state index contributed by atoms with van der Waals surface area (Å²) in [5.41, 5.74) is 1.11. The SMILES string of the molecule is CCOc1cc(/C=C\c2nc3cc(C(=O)OC)ccc3c(=O)[nH]2)cc(Br)c1O. The molecule has 0 unspecified atom stereocenters. The normalized spacial score (nSPS) is 11.1. The van der Waals surface area contributed by atoms with Crippen LogP contribution < -0.4 is 10.3 Å². The molecule has 0 atom stereocenters. The Morgan fingerprint density at radius 1 is 1.29 bits per heavy atom. The van der Waals surface area contributed by atoms with Gasteiger partial charge >= 0.3 is 5.97 Å². The number of esters is 1. The number of aromatic nitrogens is 2. The number of aromatic amines is 1. The van der Waals surface area contributed by atoms with Gasteiger partial charge in [0, 0.05) is 0 Å². The van der Waals surface area contributed by atoms with Crippen LogP contribution in [0.15, 0.2) is 39.6 Å². The Balaban J connectivity index is 2.00. The Labute approximate surface area is 168 Å². The molecule has 0 saturated heterocycles. The first-order chi connectivity index (χ1) is 13.4. The van der Waals surface area contributed by atoms with Crippen molar-refractivity contribution in [2.24, 2.45) is 0 Å². The molecule has 0 saturated carbocycles. The minimum absolute atomic E-state index is 0.0200. The molecule has 144 valence electrons. The lowest BCUT2D eigenvalue weighted by Gasteiger charge is -2.08. The predicted octanol–water partition coefficient (Wildman–Crippen LogP) is 3.75. The first kappa shape index (κ1) is 19.6. The van der Waals surface area contributed by atoms with E-state index in [0.717, 1.165) is 5.56 Å². The maximum absolute atomic E-state index is 12.3. The second-order valence-electron chi connectivity index (χ2n) is 5.79. The maximum Gasteiger partial charge on any atom is 0.337 e. The summed E-state index contributed by atoms with van der Waals surface area (Å²) < 4.78 is 10.6. The lowest BCUT2D eigenvalue weighted by Crippen LogP contribution is -2.11. The van der Waals surface area contributed by atoms with Gasteiger partial charge in [0.25, 0.3) is 5.56 Å². The molecular weight excluding hydrogens is 428 g/mol. The molecule has 1 heterocycles. The zero-order chi connectivity index (χ0) is 20.3. The van der Waals surface area contributed by atoms with E-state index in [1.54, 1.807) is 24.3 Å². The van der Waals surface area contributed by atoms with Gasteiger partial charge in [-0.2, -0.15) is 0 Å². The molecule has 0 fully saturated rings. The monoisotopic (exact) mass is 444 g/mol. The number of ether oxygens (including phenoxy) is 2. The highest BCUT2D eigenvalue weighted by Gasteiger charge is 2.10. The number of halogens is 1. The lowest BCUT2D eigenvalue weighted by atomic mass is 10.1. The summed E-state index contributed by atoms with van der Waals surface area (Å²) in [7, 11) is 1.29. The summed E-state index contributed by atoms with van der Waals surface area (Å²) in [6.45, 7) is 2.23. The molecule has 8 heteroatoms. The molecule has 0 aliphatic carbocycles. The summed E-state index contributed by atoms with van der Waals surface area (Å²) in [5.74, 6) is 0.186. The van der Waals surface area contributed by atoms with Gasteiger partial charge in [-0.05, 0) is 64.8 Å². The highest BCUT2D eigenvalue weighted by atomic mass is 79.9. The van der Waals surface area contributed by atoms with E-state index >= 15 is 0 Å². The van der Waals surface area contributed by atoms with E-state index in [1.807, 2.05) is 6.92 Å². The van der Waals surface area contributed by atoms with Crippen LogP contribution in [0.1, 0.15) is 28.7 Å². The number of nitrogens with zero attached hydrogens (tertiary/aromatic N) is 1. The third-order valence-electron chi connectivity index (χ3n) is 3.93. The van der Waals surface area contributed by atoms with Crippen LogP contribution in [-0.4, -0.2) is 34.8 Å². The van der Waals surface area contributed by atoms with Crippen LogP contribution in [0, 0.1) is 0 Å². The number of H-pyrrole nitrogens is 1. The van der Waals surface area contributed by atoms with Gasteiger partial charge in [0.2, 0.25) is 0 Å². The van der Waals surface area contributed by atoms with Gasteiger partial charge in [-0.25, -0.2) is 9.78 Å². The fraction of sp³-hybridized carbons (Fsp3) is 0.150. The number of methoxy groups -OCH3 is 1. The van der Waals surface area contributed by atoms with Gasteiger partial charge < -0.3 is 19.6 Å². The molecule has 0 aliphatic rings. The Morgan fingerprint density at radius 3 is 2.79 bits per heavy atom. The largest absolute Gasteiger partial charge is 0.503 e. The number of nitrogens with one attached hydrogen (secondary N) is 1. The molecule has 1 aromatic heterocycles. The molecule has 0 aliphatic heterocycles. The van der Waals surface area contributed by atoms with Crippen LogP contribution in [-0.2, 0) is 4.74 Å². The number of rotatable bonds is 5. The molecule has 0 radical (unpaired) electrons. The van der Waals surface area contributed by atoms with Crippen molar-refractivity contribution in [2.75, 3.05) is 13.7 Å². The van der Waals surface area contributed by atoms with Crippen LogP contribution in [0.2, 0.25) is 0 Å². The first-order valence-electron chi connectivity index (χ1n) is 8.38. The molecule has 0 amide bonds. The molecule has 2 N–H and O–H groups in total. The molecule has 3 aromatic rings. The van der Waals surface area contributed by atoms with Crippen molar-refractivity contribution < 1.29 is 19.4 Å². The van der Waals surface area contributed by atoms with E-state index < -0.39 is 5.97 Å². The minimum Gasteiger partial charge on any atom is -0.503 e. The van der Waals surface area contributed by atoms with Gasteiger partial charge in [0.05, 0.1) is 34.7 Å². The van der Waals surface area contributed by atoms with Crippen molar-refractivity contribution in [1.29, 1.82) is 0 Å². The Bertz CT molecular complexity index is 1140. The number of phenolic OH excluding ortho intramolecular Hbond substituents is 1. The summed E-state index contributed by atoms with van der Waals surface area (Å²) in [6.07, 6.45) is 3.35. The smallest absolute Gasteiger partial charge is 0.337 e. The first-order valence-corrected chi connectivity index (χ1v) is 9.18. The zero-order valence-corrected chi connectivity index (χ0v) is 16.7. The summed E-state index contributed by atoms with van der Waals surface area (Å²) >= 11 is 3.28. The lowest BCUT2D eigenvalue weighted by molar-refractivity contribution is 0.0601. The van der Waals surface area contributed by atoms with Crippen molar-refractivity contribution in [3.63, 3.8) is 0 Å². The molecular formula is C20H17BrN2O5. The average molecular weight is 445 g/mol. The third-order valence-corrected chi connectivity index (χ3v) is 4.53. The van der Waals surface area contributed by atoms with Crippen LogP contribution in [0.3, 0.4) is 0 Å². The maximum atomic E-state index is 12.3. The van der Waals surface area contributed by atoms with Crippen molar-refractivity contribution in [1.82, 2.24) is 9.97 Å². The molecule has 28 heavy (non-hydrogen) atoms. The topological polar surface area (TPSA) is 102 Å². The second-order valence-corrected chi connectivity index (χ2v) is 6.64. The van der Waals surface area contributed by atoms with E-state index in [2.05, 4.69) is 25.9 Å². The highest BCUT2D eigenvalue weighted by molar-refractivity contribution is 9.10. The van der Waals surface area contributed by atoms with Gasteiger partial charge in [0.1, 0.15) is 5.82 Å². The van der Waals surface area contributed by atoms with Crippen molar-refractivity contribution in [3.8, 4) is 11.5 Å². The number of phenols is 1. The van der Waals surface area contributed by atoms with Crippen molar-refractivity contribution in [2.45, 2.75) is 6.92 Å². The summed E-state index contributed by atoms with van der Waals surface area (Å²) in [5, 5.41) is 10.4. The number of fused-ring (bicyclic) bond motifs is 1. The van der Waals surface area contributed by atoms with Crippen LogP contribution in [0.5, 0.6) is 11.5 Å². The summed E-state index contributed by atoms with van der Waals surface area (Å²) in [6, 6.07) is 7.95. The van der Waals surface area contributed by atoms with E-state index in [4.69, 9.17) is 9.47 Å². The number of hydrogen-bond acceptors (Lipinski definition) is 6. The number of aromatic hydroxyl groups is 1.